The third-order valence-electron chi connectivity index (χ3n) is 2.75. The van der Waals surface area contributed by atoms with Crippen molar-refractivity contribution in [3.8, 4) is 5.75 Å². The maximum Gasteiger partial charge on any atom is 0.123 e. The number of benzene rings is 1. The lowest BCUT2D eigenvalue weighted by atomic mass is 10.2. The number of ether oxygens (including phenoxy) is 1. The van der Waals surface area contributed by atoms with Crippen molar-refractivity contribution in [3.05, 3.63) is 18.2 Å². The van der Waals surface area contributed by atoms with E-state index in [0.717, 1.165) is 17.1 Å². The molecule has 1 aliphatic rings. The quantitative estimate of drug-likeness (QED) is 0.767. The lowest BCUT2D eigenvalue weighted by Gasteiger charge is -2.16. The van der Waals surface area contributed by atoms with Crippen LogP contribution in [0.2, 0.25) is 0 Å². The van der Waals surface area contributed by atoms with Gasteiger partial charge in [0.15, 0.2) is 0 Å². The fourth-order valence-electron chi connectivity index (χ4n) is 1.70. The van der Waals surface area contributed by atoms with Crippen LogP contribution in [-0.4, -0.2) is 11.6 Å². The lowest BCUT2D eigenvalue weighted by Crippen LogP contribution is -2.16. The summed E-state index contributed by atoms with van der Waals surface area (Å²) < 4.78 is 5.65. The van der Waals surface area contributed by atoms with Gasteiger partial charge in [-0.15, -0.1) is 0 Å². The van der Waals surface area contributed by atoms with Gasteiger partial charge in [0.05, 0.1) is 6.10 Å². The summed E-state index contributed by atoms with van der Waals surface area (Å²) >= 11 is 0. The van der Waals surface area contributed by atoms with Crippen LogP contribution in [0.5, 0.6) is 5.75 Å². The highest BCUT2D eigenvalue weighted by Crippen LogP contribution is 2.39. The molecule has 1 aromatic carbocycles. The Morgan fingerprint density at radius 3 is 2.56 bits per heavy atom. The van der Waals surface area contributed by atoms with Crippen molar-refractivity contribution in [1.29, 1.82) is 0 Å². The number of rotatable bonds is 4. The summed E-state index contributed by atoms with van der Waals surface area (Å²) in [5, 5.41) is 3.49. The Labute approximate surface area is 97.0 Å². The molecule has 2 rings (SSSR count). The molecule has 3 heteroatoms. The van der Waals surface area contributed by atoms with Gasteiger partial charge in [0, 0.05) is 29.0 Å². The van der Waals surface area contributed by atoms with Gasteiger partial charge in [0.1, 0.15) is 5.75 Å². The molecule has 1 aromatic rings. The second kappa shape index (κ2) is 3.89. The van der Waals surface area contributed by atoms with Crippen molar-refractivity contribution >= 4 is 11.4 Å². The first kappa shape index (κ1) is 11.1. The van der Waals surface area contributed by atoms with E-state index in [1.807, 2.05) is 32.0 Å². The van der Waals surface area contributed by atoms with Crippen LogP contribution in [-0.2, 0) is 0 Å². The summed E-state index contributed by atoms with van der Waals surface area (Å²) in [6.45, 7) is 6.25. The first-order valence-corrected chi connectivity index (χ1v) is 5.82. The number of nitrogens with one attached hydrogen (secondary N) is 1. The van der Waals surface area contributed by atoms with E-state index in [1.165, 1.54) is 12.8 Å². The van der Waals surface area contributed by atoms with Crippen LogP contribution in [0.4, 0.5) is 11.4 Å². The van der Waals surface area contributed by atoms with Crippen molar-refractivity contribution in [2.45, 2.75) is 45.3 Å². The van der Waals surface area contributed by atoms with Crippen molar-refractivity contribution < 1.29 is 4.74 Å². The molecule has 16 heavy (non-hydrogen) atoms. The number of hydrogen-bond donors (Lipinski definition) is 2. The highest BCUT2D eigenvalue weighted by Gasteiger charge is 2.37. The number of nitrogens with two attached hydrogens (primary N) is 1. The molecule has 3 N–H and O–H groups in total. The number of anilines is 2. The van der Waals surface area contributed by atoms with Crippen LogP contribution in [0.1, 0.15) is 33.6 Å². The molecule has 0 atom stereocenters. The molecule has 0 saturated heterocycles. The monoisotopic (exact) mass is 220 g/mol. The van der Waals surface area contributed by atoms with Gasteiger partial charge >= 0.3 is 0 Å². The van der Waals surface area contributed by atoms with E-state index in [0.29, 0.717) is 0 Å². The summed E-state index contributed by atoms with van der Waals surface area (Å²) in [5.74, 6) is 0.835. The van der Waals surface area contributed by atoms with Gasteiger partial charge in [-0.2, -0.15) is 0 Å². The fraction of sp³-hybridized carbons (Fsp3) is 0.538. The zero-order valence-electron chi connectivity index (χ0n) is 10.2. The van der Waals surface area contributed by atoms with Gasteiger partial charge in [-0.3, -0.25) is 0 Å². The van der Waals surface area contributed by atoms with Crippen molar-refractivity contribution in [2.75, 3.05) is 11.1 Å². The summed E-state index contributed by atoms with van der Waals surface area (Å²) in [6, 6.07) is 5.83. The zero-order valence-corrected chi connectivity index (χ0v) is 10.2. The van der Waals surface area contributed by atoms with Crippen molar-refractivity contribution in [2.24, 2.45) is 0 Å². The van der Waals surface area contributed by atoms with E-state index in [1.54, 1.807) is 0 Å². The standard InChI is InChI=1S/C13H20N2O/c1-9(2)16-12-7-10(14)6-11(8-12)15-13(3)4-5-13/h6-9,15H,4-5,14H2,1-3H3. The van der Waals surface area contributed by atoms with Crippen molar-refractivity contribution in [3.63, 3.8) is 0 Å². The third-order valence-corrected chi connectivity index (χ3v) is 2.75. The van der Waals surface area contributed by atoms with Crippen molar-refractivity contribution in [1.82, 2.24) is 0 Å². The van der Waals surface area contributed by atoms with Gasteiger partial charge < -0.3 is 15.8 Å². The minimum atomic E-state index is 0.172. The molecule has 0 radical (unpaired) electrons. The van der Waals surface area contributed by atoms with Gasteiger partial charge in [-0.1, -0.05) is 0 Å². The Bertz CT molecular complexity index is 384. The average molecular weight is 220 g/mol. The Morgan fingerprint density at radius 1 is 1.31 bits per heavy atom. The van der Waals surface area contributed by atoms with E-state index in [4.69, 9.17) is 10.5 Å². The number of hydrogen-bond acceptors (Lipinski definition) is 3. The molecule has 1 aliphatic carbocycles. The molecule has 0 bridgehead atoms. The van der Waals surface area contributed by atoms with Crippen LogP contribution in [0.15, 0.2) is 18.2 Å². The average Bonchev–Trinajstić information content (AvgIpc) is 2.80. The van der Waals surface area contributed by atoms with E-state index >= 15 is 0 Å². The minimum Gasteiger partial charge on any atom is -0.491 e. The third kappa shape index (κ3) is 2.81. The highest BCUT2D eigenvalue weighted by molar-refractivity contribution is 5.60. The second-order valence-corrected chi connectivity index (χ2v) is 5.14. The molecule has 1 saturated carbocycles. The molecule has 1 fully saturated rings. The van der Waals surface area contributed by atoms with E-state index in [2.05, 4.69) is 12.2 Å². The van der Waals surface area contributed by atoms with Crippen LogP contribution >= 0.6 is 0 Å². The topological polar surface area (TPSA) is 47.3 Å². The fourth-order valence-corrected chi connectivity index (χ4v) is 1.70. The Kier molecular flexibility index (Phi) is 2.70. The molecule has 0 aliphatic heterocycles. The smallest absolute Gasteiger partial charge is 0.123 e. The maximum atomic E-state index is 5.85. The van der Waals surface area contributed by atoms with Gasteiger partial charge in [0.25, 0.3) is 0 Å². The first-order valence-electron chi connectivity index (χ1n) is 5.82. The summed E-state index contributed by atoms with van der Waals surface area (Å²) in [5.41, 5.74) is 7.91. The largest absolute Gasteiger partial charge is 0.491 e. The molecule has 3 nitrogen and oxygen atoms in total. The first-order chi connectivity index (χ1) is 7.47. The van der Waals surface area contributed by atoms with Gasteiger partial charge in [0.2, 0.25) is 0 Å². The summed E-state index contributed by atoms with van der Waals surface area (Å²) in [7, 11) is 0. The van der Waals surface area contributed by atoms with Gasteiger partial charge in [-0.05, 0) is 39.7 Å². The zero-order chi connectivity index (χ0) is 11.8. The molecular formula is C13H20N2O. The van der Waals surface area contributed by atoms with Crippen LogP contribution in [0.25, 0.3) is 0 Å². The lowest BCUT2D eigenvalue weighted by molar-refractivity contribution is 0.242. The summed E-state index contributed by atoms with van der Waals surface area (Å²) in [4.78, 5) is 0. The Morgan fingerprint density at radius 2 is 2.00 bits per heavy atom. The molecule has 0 unspecified atom stereocenters. The predicted molar refractivity (Wildman–Crippen MR) is 67.9 cm³/mol. The van der Waals surface area contributed by atoms with Crippen LogP contribution in [0, 0.1) is 0 Å². The second-order valence-electron chi connectivity index (χ2n) is 5.14. The molecule has 0 amide bonds. The van der Waals surface area contributed by atoms with Crippen LogP contribution in [0.3, 0.4) is 0 Å². The SMILES string of the molecule is CC(C)Oc1cc(N)cc(NC2(C)CC2)c1. The molecule has 0 heterocycles. The Balaban J connectivity index is 2.15. The predicted octanol–water partition coefficient (Wildman–Crippen LogP) is 3.02. The number of nitrogen functional groups attached to an aromatic ring is 1. The van der Waals surface area contributed by atoms with Crippen LogP contribution < -0.4 is 15.8 Å². The molecule has 0 spiro atoms. The normalized spacial score (nSPS) is 17.2. The van der Waals surface area contributed by atoms with Gasteiger partial charge in [-0.25, -0.2) is 0 Å². The molecule has 88 valence electrons. The summed E-state index contributed by atoms with van der Waals surface area (Å²) in [6.07, 6.45) is 2.62. The highest BCUT2D eigenvalue weighted by atomic mass is 16.5. The molecule has 0 aromatic heterocycles. The maximum absolute atomic E-state index is 5.85. The van der Waals surface area contributed by atoms with E-state index in [-0.39, 0.29) is 11.6 Å². The van der Waals surface area contributed by atoms with E-state index < -0.39 is 0 Å². The molecular weight excluding hydrogens is 200 g/mol. The minimum absolute atomic E-state index is 0.172. The van der Waals surface area contributed by atoms with E-state index in [9.17, 15) is 0 Å². The Hall–Kier alpha value is -1.38.